The second kappa shape index (κ2) is 6.00. The highest BCUT2D eigenvalue weighted by atomic mass is 32.2. The lowest BCUT2D eigenvalue weighted by Gasteiger charge is -1.99. The number of hydrogen-bond acceptors (Lipinski definition) is 6. The van der Waals surface area contributed by atoms with E-state index in [-0.39, 0.29) is 5.65 Å². The Morgan fingerprint density at radius 2 is 1.88 bits per heavy atom. The van der Waals surface area contributed by atoms with Gasteiger partial charge in [-0.15, -0.1) is 10.2 Å². The second-order valence-corrected chi connectivity index (χ2v) is 5.74. The molecule has 0 saturated heterocycles. The first-order valence-electron chi connectivity index (χ1n) is 6.90. The van der Waals surface area contributed by atoms with Gasteiger partial charge in [-0.2, -0.15) is 9.61 Å². The Balaban J connectivity index is 1.63. The van der Waals surface area contributed by atoms with E-state index >= 15 is 0 Å². The monoisotopic (exact) mass is 345 g/mol. The van der Waals surface area contributed by atoms with Crippen molar-refractivity contribution in [3.63, 3.8) is 0 Å². The zero-order valence-corrected chi connectivity index (χ0v) is 12.8. The number of aromatic nitrogens is 5. The van der Waals surface area contributed by atoms with Crippen molar-refractivity contribution in [1.82, 2.24) is 24.8 Å². The molecule has 0 saturated carbocycles. The van der Waals surface area contributed by atoms with Crippen LogP contribution in [-0.4, -0.2) is 24.8 Å². The van der Waals surface area contributed by atoms with Crippen molar-refractivity contribution in [2.24, 2.45) is 0 Å². The number of oxazole rings is 1. The molecule has 24 heavy (non-hydrogen) atoms. The van der Waals surface area contributed by atoms with Crippen molar-refractivity contribution in [2.75, 3.05) is 0 Å². The third-order valence-corrected chi connectivity index (χ3v) is 3.99. The van der Waals surface area contributed by atoms with Gasteiger partial charge in [-0.1, -0.05) is 30.3 Å². The van der Waals surface area contributed by atoms with E-state index in [1.165, 1.54) is 0 Å². The average Bonchev–Trinajstić information content (AvgIpc) is 3.22. The molecule has 3 heterocycles. The first-order valence-corrected chi connectivity index (χ1v) is 7.71. The highest BCUT2D eigenvalue weighted by Crippen LogP contribution is 2.29. The molecule has 0 bridgehead atoms. The van der Waals surface area contributed by atoms with Gasteiger partial charge < -0.3 is 4.42 Å². The van der Waals surface area contributed by atoms with Gasteiger partial charge in [0.25, 0.3) is 11.6 Å². The summed E-state index contributed by atoms with van der Waals surface area (Å²) >= 11 is 1.13. The number of alkyl halides is 2. The molecule has 9 heteroatoms. The Morgan fingerprint density at radius 1 is 1.04 bits per heavy atom. The van der Waals surface area contributed by atoms with E-state index in [0.29, 0.717) is 15.9 Å². The zero-order valence-electron chi connectivity index (χ0n) is 12.0. The summed E-state index contributed by atoms with van der Waals surface area (Å²) in [5.41, 5.74) is 1.87. The molecule has 0 aliphatic heterocycles. The predicted molar refractivity (Wildman–Crippen MR) is 81.8 cm³/mol. The van der Waals surface area contributed by atoms with Gasteiger partial charge in [-0.25, -0.2) is 13.8 Å². The highest BCUT2D eigenvalue weighted by molar-refractivity contribution is 7.99. The largest absolute Gasteiger partial charge is 0.439 e. The minimum absolute atomic E-state index is 0.257. The van der Waals surface area contributed by atoms with Gasteiger partial charge in [0.15, 0.2) is 5.65 Å². The lowest BCUT2D eigenvalue weighted by Crippen LogP contribution is -2.00. The summed E-state index contributed by atoms with van der Waals surface area (Å²) in [6, 6.07) is 12.8. The number of halogens is 2. The fraction of sp³-hybridized carbons (Fsp3) is 0.0667. The Bertz CT molecular complexity index is 986. The van der Waals surface area contributed by atoms with E-state index in [4.69, 9.17) is 4.42 Å². The molecule has 0 unspecified atom stereocenters. The molecule has 0 atom stereocenters. The number of hydrogen-bond donors (Lipinski definition) is 0. The highest BCUT2D eigenvalue weighted by Gasteiger charge is 2.17. The van der Waals surface area contributed by atoms with Crippen LogP contribution in [0.1, 0.15) is 12.2 Å². The van der Waals surface area contributed by atoms with Gasteiger partial charge in [0.1, 0.15) is 17.0 Å². The standard InChI is InChI=1S/C15H9F2N5OS/c16-13(17)14-20-19-11-6-7-12(21-22(11)14)24-15-18-10(8-23-15)9-4-2-1-3-5-9/h1-8,13H. The van der Waals surface area contributed by atoms with Gasteiger partial charge in [0.05, 0.1) is 0 Å². The molecule has 1 aromatic carbocycles. The predicted octanol–water partition coefficient (Wildman–Crippen LogP) is 3.87. The molecule has 0 aliphatic carbocycles. The van der Waals surface area contributed by atoms with Crippen LogP contribution in [0.15, 0.2) is 63.4 Å². The van der Waals surface area contributed by atoms with E-state index in [2.05, 4.69) is 20.3 Å². The zero-order chi connectivity index (χ0) is 16.5. The maximum Gasteiger partial charge on any atom is 0.299 e. The third-order valence-electron chi connectivity index (χ3n) is 3.20. The van der Waals surface area contributed by atoms with Gasteiger partial charge in [-0.3, -0.25) is 0 Å². The molecule has 0 radical (unpaired) electrons. The maximum atomic E-state index is 12.9. The third kappa shape index (κ3) is 2.73. The molecule has 0 aliphatic rings. The summed E-state index contributed by atoms with van der Waals surface area (Å²) in [4.78, 5) is 4.37. The van der Waals surface area contributed by atoms with Crippen LogP contribution in [0, 0.1) is 0 Å². The maximum absolute atomic E-state index is 12.9. The second-order valence-electron chi connectivity index (χ2n) is 4.77. The molecule has 0 N–H and O–H groups in total. The molecule has 0 spiro atoms. The smallest absolute Gasteiger partial charge is 0.299 e. The van der Waals surface area contributed by atoms with E-state index < -0.39 is 12.2 Å². The first-order chi connectivity index (χ1) is 11.7. The summed E-state index contributed by atoms with van der Waals surface area (Å²) in [7, 11) is 0. The van der Waals surface area contributed by atoms with Crippen LogP contribution in [-0.2, 0) is 0 Å². The van der Waals surface area contributed by atoms with Crippen molar-refractivity contribution >= 4 is 17.4 Å². The molecule has 120 valence electrons. The molecule has 0 amide bonds. The van der Waals surface area contributed by atoms with Crippen LogP contribution < -0.4 is 0 Å². The number of fused-ring (bicyclic) bond motifs is 1. The molecular formula is C15H9F2N5OS. The number of rotatable bonds is 4. The van der Waals surface area contributed by atoms with Gasteiger partial charge in [-0.05, 0) is 23.9 Å². The molecular weight excluding hydrogens is 336 g/mol. The van der Waals surface area contributed by atoms with Gasteiger partial charge in [0.2, 0.25) is 5.82 Å². The van der Waals surface area contributed by atoms with Crippen LogP contribution in [0.25, 0.3) is 16.9 Å². The summed E-state index contributed by atoms with van der Waals surface area (Å²) in [6.45, 7) is 0. The average molecular weight is 345 g/mol. The van der Waals surface area contributed by atoms with Crippen molar-refractivity contribution < 1.29 is 13.2 Å². The summed E-state index contributed by atoms with van der Waals surface area (Å²) < 4.78 is 32.2. The first kappa shape index (κ1) is 14.8. The van der Waals surface area contributed by atoms with Gasteiger partial charge in [0, 0.05) is 5.56 Å². The van der Waals surface area contributed by atoms with Gasteiger partial charge >= 0.3 is 0 Å². The lowest BCUT2D eigenvalue weighted by atomic mass is 10.2. The molecule has 3 aromatic heterocycles. The number of benzene rings is 1. The fourth-order valence-electron chi connectivity index (χ4n) is 2.11. The Labute approximate surface area is 138 Å². The van der Waals surface area contributed by atoms with E-state index in [0.717, 1.165) is 21.8 Å². The Morgan fingerprint density at radius 3 is 2.67 bits per heavy atom. The summed E-state index contributed by atoms with van der Waals surface area (Å²) in [5.74, 6) is -0.496. The van der Waals surface area contributed by atoms with Crippen LogP contribution in [0.5, 0.6) is 0 Å². The normalized spacial score (nSPS) is 11.5. The van der Waals surface area contributed by atoms with Crippen molar-refractivity contribution in [1.29, 1.82) is 0 Å². The molecule has 0 fully saturated rings. The number of nitrogens with zero attached hydrogens (tertiary/aromatic N) is 5. The van der Waals surface area contributed by atoms with E-state index in [9.17, 15) is 8.78 Å². The van der Waals surface area contributed by atoms with Crippen molar-refractivity contribution in [3.8, 4) is 11.3 Å². The molecule has 4 rings (SSSR count). The lowest BCUT2D eigenvalue weighted by molar-refractivity contribution is 0.137. The SMILES string of the molecule is FC(F)c1nnc2ccc(Sc3nc(-c4ccccc4)co3)nn12. The van der Waals surface area contributed by atoms with Crippen LogP contribution in [0.4, 0.5) is 8.78 Å². The Hall–Kier alpha value is -2.81. The fourth-order valence-corrected chi connectivity index (χ4v) is 2.79. The van der Waals surface area contributed by atoms with Crippen LogP contribution in [0.2, 0.25) is 0 Å². The topological polar surface area (TPSA) is 69.1 Å². The van der Waals surface area contributed by atoms with E-state index in [1.807, 2.05) is 30.3 Å². The quantitative estimate of drug-likeness (QED) is 0.559. The summed E-state index contributed by atoms with van der Waals surface area (Å²) in [6.07, 6.45) is -1.21. The van der Waals surface area contributed by atoms with Crippen molar-refractivity contribution in [3.05, 3.63) is 54.6 Å². The molecule has 4 aromatic rings. The minimum atomic E-state index is -2.75. The molecule has 6 nitrogen and oxygen atoms in total. The van der Waals surface area contributed by atoms with Crippen molar-refractivity contribution in [2.45, 2.75) is 16.7 Å². The van der Waals surface area contributed by atoms with Crippen LogP contribution >= 0.6 is 11.8 Å². The minimum Gasteiger partial charge on any atom is -0.439 e. The summed E-state index contributed by atoms with van der Waals surface area (Å²) in [5, 5.41) is 12.0. The van der Waals surface area contributed by atoms with E-state index in [1.54, 1.807) is 18.4 Å². The van der Waals surface area contributed by atoms with Crippen LogP contribution in [0.3, 0.4) is 0 Å². The Kier molecular flexibility index (Phi) is 3.69.